The molecule has 0 N–H and O–H groups in total. The van der Waals surface area contributed by atoms with E-state index in [4.69, 9.17) is 14.2 Å². The molecule has 4 nitrogen and oxygen atoms in total. The van der Waals surface area contributed by atoms with Crippen molar-refractivity contribution >= 4 is 0 Å². The maximum Gasteiger partial charge on any atom is 0.167 e. The highest BCUT2D eigenvalue weighted by Gasteiger charge is 2.17. The van der Waals surface area contributed by atoms with Gasteiger partial charge in [-0.15, -0.1) is 0 Å². The molecular formula is C10H8N2O2. The first-order chi connectivity index (χ1) is 6.86. The molecule has 0 amide bonds. The van der Waals surface area contributed by atoms with Gasteiger partial charge in [-0.25, -0.2) is 0 Å². The normalized spacial score (nSPS) is 10.0. The third-order valence-corrected chi connectivity index (χ3v) is 1.95. The molecule has 4 heteroatoms. The summed E-state index contributed by atoms with van der Waals surface area (Å²) in [4.78, 5) is 0. The first kappa shape index (κ1) is 8.57. The minimum Gasteiger partial charge on any atom is -0.463 e. The van der Waals surface area contributed by atoms with Crippen molar-refractivity contribution in [2.24, 2.45) is 0 Å². The molecule has 14 heavy (non-hydrogen) atoms. The standard InChI is InChI=1S/C10H8N2O2/c1-2-8-7(6-11)10(12-14-8)9-4-3-5-13-9/h3-5H,2H2,1H3. The molecule has 0 aliphatic carbocycles. The predicted octanol–water partition coefficient (Wildman–Crippen LogP) is 2.37. The van der Waals surface area contributed by atoms with E-state index in [1.54, 1.807) is 12.1 Å². The molecule has 0 aliphatic rings. The van der Waals surface area contributed by atoms with E-state index in [-0.39, 0.29) is 0 Å². The fourth-order valence-corrected chi connectivity index (χ4v) is 1.26. The number of hydrogen-bond acceptors (Lipinski definition) is 4. The fourth-order valence-electron chi connectivity index (χ4n) is 1.26. The zero-order chi connectivity index (χ0) is 9.97. The number of aryl methyl sites for hydroxylation is 1. The Hall–Kier alpha value is -2.02. The topological polar surface area (TPSA) is 63.0 Å². The van der Waals surface area contributed by atoms with Crippen LogP contribution in [0.2, 0.25) is 0 Å². The summed E-state index contributed by atoms with van der Waals surface area (Å²) in [6.07, 6.45) is 2.19. The lowest BCUT2D eigenvalue weighted by atomic mass is 10.1. The molecule has 2 rings (SSSR count). The van der Waals surface area contributed by atoms with E-state index in [1.807, 2.05) is 6.92 Å². The van der Waals surface area contributed by atoms with Crippen molar-refractivity contribution in [3.8, 4) is 17.5 Å². The lowest BCUT2D eigenvalue weighted by Gasteiger charge is -1.88. The van der Waals surface area contributed by atoms with Crippen molar-refractivity contribution in [3.05, 3.63) is 29.7 Å². The quantitative estimate of drug-likeness (QED) is 0.725. The molecule has 0 spiro atoms. The van der Waals surface area contributed by atoms with Gasteiger partial charge in [-0.3, -0.25) is 0 Å². The number of furan rings is 1. The molecule has 0 bridgehead atoms. The van der Waals surface area contributed by atoms with Crippen LogP contribution in [-0.4, -0.2) is 5.16 Å². The first-order valence-corrected chi connectivity index (χ1v) is 4.29. The average molecular weight is 188 g/mol. The number of hydrogen-bond donors (Lipinski definition) is 0. The van der Waals surface area contributed by atoms with Gasteiger partial charge in [-0.2, -0.15) is 5.26 Å². The lowest BCUT2D eigenvalue weighted by Crippen LogP contribution is -1.82. The number of nitriles is 1. The van der Waals surface area contributed by atoms with Gasteiger partial charge in [0.2, 0.25) is 0 Å². The highest BCUT2D eigenvalue weighted by atomic mass is 16.5. The van der Waals surface area contributed by atoms with Gasteiger partial charge in [0.05, 0.1) is 6.26 Å². The van der Waals surface area contributed by atoms with Crippen LogP contribution in [0.3, 0.4) is 0 Å². The summed E-state index contributed by atoms with van der Waals surface area (Å²) in [5, 5.41) is 12.7. The summed E-state index contributed by atoms with van der Waals surface area (Å²) in [5.74, 6) is 1.16. The Bertz CT molecular complexity index is 463. The number of rotatable bonds is 2. The van der Waals surface area contributed by atoms with Gasteiger partial charge in [-0.05, 0) is 12.1 Å². The van der Waals surface area contributed by atoms with E-state index in [0.29, 0.717) is 29.2 Å². The SMILES string of the molecule is CCc1onc(-c2ccco2)c1C#N. The summed E-state index contributed by atoms with van der Waals surface area (Å²) in [7, 11) is 0. The van der Waals surface area contributed by atoms with E-state index >= 15 is 0 Å². The van der Waals surface area contributed by atoms with Crippen LogP contribution in [0.1, 0.15) is 18.2 Å². The molecule has 2 aromatic rings. The third-order valence-electron chi connectivity index (χ3n) is 1.95. The second kappa shape index (κ2) is 3.38. The van der Waals surface area contributed by atoms with Crippen molar-refractivity contribution in [2.75, 3.05) is 0 Å². The second-order valence-electron chi connectivity index (χ2n) is 2.77. The van der Waals surface area contributed by atoms with Gasteiger partial charge in [-0.1, -0.05) is 12.1 Å². The maximum atomic E-state index is 8.93. The fraction of sp³-hybridized carbons (Fsp3) is 0.200. The Balaban J connectivity index is 2.56. The Morgan fingerprint density at radius 3 is 3.00 bits per heavy atom. The van der Waals surface area contributed by atoms with Crippen LogP contribution in [0.4, 0.5) is 0 Å². The molecule has 0 radical (unpaired) electrons. The van der Waals surface area contributed by atoms with Gasteiger partial charge in [0.1, 0.15) is 11.6 Å². The van der Waals surface area contributed by atoms with Crippen molar-refractivity contribution in [2.45, 2.75) is 13.3 Å². The average Bonchev–Trinajstić information content (AvgIpc) is 2.85. The van der Waals surface area contributed by atoms with Gasteiger partial charge in [0, 0.05) is 6.42 Å². The molecule has 2 heterocycles. The van der Waals surface area contributed by atoms with Crippen molar-refractivity contribution in [3.63, 3.8) is 0 Å². The summed E-state index contributed by atoms with van der Waals surface area (Å²) in [6, 6.07) is 5.56. The van der Waals surface area contributed by atoms with Crippen molar-refractivity contribution < 1.29 is 8.94 Å². The number of nitrogens with zero attached hydrogens (tertiary/aromatic N) is 2. The van der Waals surface area contributed by atoms with E-state index in [0.717, 1.165) is 0 Å². The van der Waals surface area contributed by atoms with Crippen LogP contribution in [-0.2, 0) is 6.42 Å². The van der Waals surface area contributed by atoms with Crippen molar-refractivity contribution in [1.82, 2.24) is 5.16 Å². The minimum absolute atomic E-state index is 0.461. The zero-order valence-electron chi connectivity index (χ0n) is 7.65. The molecule has 70 valence electrons. The summed E-state index contributed by atoms with van der Waals surface area (Å²) >= 11 is 0. The smallest absolute Gasteiger partial charge is 0.167 e. The van der Waals surface area contributed by atoms with Crippen LogP contribution >= 0.6 is 0 Å². The third kappa shape index (κ3) is 1.19. The largest absolute Gasteiger partial charge is 0.463 e. The second-order valence-corrected chi connectivity index (χ2v) is 2.77. The Labute approximate surface area is 80.7 Å². The maximum absolute atomic E-state index is 8.93. The Morgan fingerprint density at radius 1 is 1.57 bits per heavy atom. The summed E-state index contributed by atoms with van der Waals surface area (Å²) in [6.45, 7) is 1.91. The molecule has 0 saturated carbocycles. The molecule has 0 aliphatic heterocycles. The van der Waals surface area contributed by atoms with Crippen molar-refractivity contribution in [1.29, 1.82) is 5.26 Å². The molecule has 0 fully saturated rings. The molecular weight excluding hydrogens is 180 g/mol. The molecule has 0 aromatic carbocycles. The lowest BCUT2D eigenvalue weighted by molar-refractivity contribution is 0.386. The van der Waals surface area contributed by atoms with E-state index < -0.39 is 0 Å². The van der Waals surface area contributed by atoms with Crippen LogP contribution in [0.5, 0.6) is 0 Å². The summed E-state index contributed by atoms with van der Waals surface area (Å²) in [5.41, 5.74) is 0.941. The number of aromatic nitrogens is 1. The van der Waals surface area contributed by atoms with Gasteiger partial charge < -0.3 is 8.94 Å². The highest BCUT2D eigenvalue weighted by Crippen LogP contribution is 2.25. The van der Waals surface area contributed by atoms with E-state index in [2.05, 4.69) is 11.2 Å². The predicted molar refractivity (Wildman–Crippen MR) is 48.3 cm³/mol. The zero-order valence-corrected chi connectivity index (χ0v) is 7.65. The molecule has 0 atom stereocenters. The van der Waals surface area contributed by atoms with Crippen LogP contribution < -0.4 is 0 Å². The monoisotopic (exact) mass is 188 g/mol. The highest BCUT2D eigenvalue weighted by molar-refractivity contribution is 5.62. The molecule has 0 saturated heterocycles. The summed E-state index contributed by atoms with van der Waals surface area (Å²) < 4.78 is 10.2. The Kier molecular flexibility index (Phi) is 2.07. The van der Waals surface area contributed by atoms with Crippen LogP contribution in [0.15, 0.2) is 27.3 Å². The molecule has 0 unspecified atom stereocenters. The van der Waals surface area contributed by atoms with Gasteiger partial charge in [0.15, 0.2) is 17.2 Å². The van der Waals surface area contributed by atoms with E-state index in [1.165, 1.54) is 6.26 Å². The van der Waals surface area contributed by atoms with Crippen LogP contribution in [0, 0.1) is 11.3 Å². The van der Waals surface area contributed by atoms with E-state index in [9.17, 15) is 0 Å². The minimum atomic E-state index is 0.461. The Morgan fingerprint density at radius 2 is 2.43 bits per heavy atom. The van der Waals surface area contributed by atoms with Gasteiger partial charge >= 0.3 is 0 Å². The van der Waals surface area contributed by atoms with Gasteiger partial charge in [0.25, 0.3) is 0 Å². The van der Waals surface area contributed by atoms with Crippen LogP contribution in [0.25, 0.3) is 11.5 Å². The molecule has 2 aromatic heterocycles. The first-order valence-electron chi connectivity index (χ1n) is 4.29.